The van der Waals surface area contributed by atoms with Gasteiger partial charge in [-0.25, -0.2) is 0 Å². The van der Waals surface area contributed by atoms with E-state index in [9.17, 15) is 5.11 Å². The van der Waals surface area contributed by atoms with Gasteiger partial charge in [0.05, 0.1) is 12.7 Å². The molecule has 2 nitrogen and oxygen atoms in total. The molecule has 1 fully saturated rings. The van der Waals surface area contributed by atoms with Gasteiger partial charge in [-0.2, -0.15) is 0 Å². The average molecular weight is 234 g/mol. The van der Waals surface area contributed by atoms with Crippen molar-refractivity contribution >= 4 is 0 Å². The Morgan fingerprint density at radius 2 is 2.00 bits per heavy atom. The number of ether oxygens (including phenoxy) is 1. The van der Waals surface area contributed by atoms with Crippen LogP contribution < -0.4 is 0 Å². The standard InChI is InChI=1S/C15H22O2/c1-17-10-9-12-5-7-14(8-6-12)15(16)11-13-3-2-4-13/h5-8,13,15-16H,2-4,9-11H2,1H3. The molecule has 2 heteroatoms. The molecule has 1 aliphatic carbocycles. The van der Waals surface area contributed by atoms with Gasteiger partial charge < -0.3 is 9.84 Å². The van der Waals surface area contributed by atoms with Crippen LogP contribution in [0.4, 0.5) is 0 Å². The highest BCUT2D eigenvalue weighted by atomic mass is 16.5. The van der Waals surface area contributed by atoms with Crippen LogP contribution in [0.1, 0.15) is 42.9 Å². The van der Waals surface area contributed by atoms with Gasteiger partial charge in [-0.3, -0.25) is 0 Å². The van der Waals surface area contributed by atoms with Crippen LogP contribution in [0, 0.1) is 5.92 Å². The van der Waals surface area contributed by atoms with Crippen LogP contribution >= 0.6 is 0 Å². The maximum absolute atomic E-state index is 10.1. The summed E-state index contributed by atoms with van der Waals surface area (Å²) in [7, 11) is 1.72. The van der Waals surface area contributed by atoms with Gasteiger partial charge in [-0.05, 0) is 29.9 Å². The maximum Gasteiger partial charge on any atom is 0.0792 e. The van der Waals surface area contributed by atoms with E-state index in [1.807, 2.05) is 12.1 Å². The first-order valence-corrected chi connectivity index (χ1v) is 6.55. The van der Waals surface area contributed by atoms with E-state index in [1.165, 1.54) is 24.8 Å². The molecular weight excluding hydrogens is 212 g/mol. The lowest BCUT2D eigenvalue weighted by Gasteiger charge is -2.27. The van der Waals surface area contributed by atoms with Gasteiger partial charge in [0, 0.05) is 7.11 Å². The SMILES string of the molecule is COCCc1ccc(C(O)CC2CCC2)cc1. The van der Waals surface area contributed by atoms with Crippen LogP contribution in [-0.4, -0.2) is 18.8 Å². The highest BCUT2D eigenvalue weighted by Crippen LogP contribution is 2.34. The summed E-state index contributed by atoms with van der Waals surface area (Å²) >= 11 is 0. The summed E-state index contributed by atoms with van der Waals surface area (Å²) in [5, 5.41) is 10.1. The number of rotatable bonds is 6. The number of aliphatic hydroxyl groups is 1. The topological polar surface area (TPSA) is 29.5 Å². The van der Waals surface area contributed by atoms with Gasteiger partial charge in [-0.15, -0.1) is 0 Å². The lowest BCUT2D eigenvalue weighted by molar-refractivity contribution is 0.118. The molecule has 0 amide bonds. The first-order chi connectivity index (χ1) is 8.29. The summed E-state index contributed by atoms with van der Waals surface area (Å²) in [6.07, 6.45) is 5.52. The minimum atomic E-state index is -0.281. The molecule has 1 saturated carbocycles. The Morgan fingerprint density at radius 3 is 2.53 bits per heavy atom. The molecule has 0 heterocycles. The molecule has 0 bridgehead atoms. The van der Waals surface area contributed by atoms with Crippen molar-refractivity contribution in [2.75, 3.05) is 13.7 Å². The summed E-state index contributed by atoms with van der Waals surface area (Å²) in [4.78, 5) is 0. The summed E-state index contributed by atoms with van der Waals surface area (Å²) < 4.78 is 5.05. The summed E-state index contributed by atoms with van der Waals surface area (Å²) in [5.41, 5.74) is 2.32. The van der Waals surface area contributed by atoms with Crippen molar-refractivity contribution in [3.63, 3.8) is 0 Å². The van der Waals surface area contributed by atoms with Crippen molar-refractivity contribution < 1.29 is 9.84 Å². The van der Waals surface area contributed by atoms with Gasteiger partial charge in [0.15, 0.2) is 0 Å². The van der Waals surface area contributed by atoms with Crippen LogP contribution in [-0.2, 0) is 11.2 Å². The fourth-order valence-electron chi connectivity index (χ4n) is 2.31. The van der Waals surface area contributed by atoms with Crippen LogP contribution in [0.2, 0.25) is 0 Å². The number of benzene rings is 1. The van der Waals surface area contributed by atoms with E-state index in [2.05, 4.69) is 12.1 Å². The minimum absolute atomic E-state index is 0.281. The molecule has 0 spiro atoms. The molecule has 1 aromatic carbocycles. The molecule has 2 rings (SSSR count). The second-order valence-electron chi connectivity index (χ2n) is 5.03. The van der Waals surface area contributed by atoms with Crippen molar-refractivity contribution in [1.82, 2.24) is 0 Å². The zero-order valence-corrected chi connectivity index (χ0v) is 10.6. The number of hydrogen-bond donors (Lipinski definition) is 1. The van der Waals surface area contributed by atoms with E-state index < -0.39 is 0 Å². The second kappa shape index (κ2) is 6.18. The molecule has 1 atom stereocenters. The Labute approximate surface area is 104 Å². The first kappa shape index (κ1) is 12.6. The fourth-order valence-corrected chi connectivity index (χ4v) is 2.31. The van der Waals surface area contributed by atoms with Crippen molar-refractivity contribution in [3.8, 4) is 0 Å². The lowest BCUT2D eigenvalue weighted by atomic mass is 9.80. The Hall–Kier alpha value is -0.860. The highest BCUT2D eigenvalue weighted by molar-refractivity contribution is 5.24. The third-order valence-electron chi connectivity index (χ3n) is 3.74. The number of methoxy groups -OCH3 is 1. The van der Waals surface area contributed by atoms with E-state index in [0.29, 0.717) is 0 Å². The van der Waals surface area contributed by atoms with Gasteiger partial charge in [-0.1, -0.05) is 43.5 Å². The largest absolute Gasteiger partial charge is 0.388 e. The average Bonchev–Trinajstić information content (AvgIpc) is 2.31. The Kier molecular flexibility index (Phi) is 4.57. The predicted octanol–water partition coefficient (Wildman–Crippen LogP) is 3.10. The van der Waals surface area contributed by atoms with Crippen LogP contribution in [0.15, 0.2) is 24.3 Å². The lowest BCUT2D eigenvalue weighted by Crippen LogP contribution is -2.14. The monoisotopic (exact) mass is 234 g/mol. The number of aliphatic hydroxyl groups excluding tert-OH is 1. The smallest absolute Gasteiger partial charge is 0.0792 e. The third kappa shape index (κ3) is 3.55. The van der Waals surface area contributed by atoms with Gasteiger partial charge in [0.25, 0.3) is 0 Å². The van der Waals surface area contributed by atoms with E-state index in [1.54, 1.807) is 7.11 Å². The van der Waals surface area contributed by atoms with Gasteiger partial charge in [0.1, 0.15) is 0 Å². The Balaban J connectivity index is 1.87. The van der Waals surface area contributed by atoms with Crippen molar-refractivity contribution in [3.05, 3.63) is 35.4 Å². The molecule has 1 unspecified atom stereocenters. The molecule has 1 N–H and O–H groups in total. The van der Waals surface area contributed by atoms with E-state index in [4.69, 9.17) is 4.74 Å². The second-order valence-corrected chi connectivity index (χ2v) is 5.03. The predicted molar refractivity (Wildman–Crippen MR) is 68.9 cm³/mol. The highest BCUT2D eigenvalue weighted by Gasteiger charge is 2.21. The van der Waals surface area contributed by atoms with E-state index in [0.717, 1.165) is 30.9 Å². The molecular formula is C15H22O2. The van der Waals surface area contributed by atoms with Crippen molar-refractivity contribution in [2.24, 2.45) is 5.92 Å². The van der Waals surface area contributed by atoms with Crippen LogP contribution in [0.5, 0.6) is 0 Å². The normalized spacial score (nSPS) is 17.8. The summed E-state index contributed by atoms with van der Waals surface area (Å²) in [6, 6.07) is 8.29. The summed E-state index contributed by atoms with van der Waals surface area (Å²) in [5.74, 6) is 0.748. The molecule has 1 aromatic rings. The Morgan fingerprint density at radius 1 is 1.29 bits per heavy atom. The van der Waals surface area contributed by atoms with E-state index >= 15 is 0 Å². The number of hydrogen-bond acceptors (Lipinski definition) is 2. The molecule has 0 saturated heterocycles. The van der Waals surface area contributed by atoms with Crippen LogP contribution in [0.3, 0.4) is 0 Å². The molecule has 0 aliphatic heterocycles. The van der Waals surface area contributed by atoms with Crippen molar-refractivity contribution in [1.29, 1.82) is 0 Å². The molecule has 0 aromatic heterocycles. The quantitative estimate of drug-likeness (QED) is 0.819. The van der Waals surface area contributed by atoms with Gasteiger partial charge >= 0.3 is 0 Å². The fraction of sp³-hybridized carbons (Fsp3) is 0.600. The summed E-state index contributed by atoms with van der Waals surface area (Å²) in [6.45, 7) is 0.754. The zero-order valence-electron chi connectivity index (χ0n) is 10.6. The van der Waals surface area contributed by atoms with Crippen molar-refractivity contribution in [2.45, 2.75) is 38.2 Å². The molecule has 0 radical (unpaired) electrons. The zero-order chi connectivity index (χ0) is 12.1. The van der Waals surface area contributed by atoms with Gasteiger partial charge in [0.2, 0.25) is 0 Å². The first-order valence-electron chi connectivity index (χ1n) is 6.55. The molecule has 1 aliphatic rings. The minimum Gasteiger partial charge on any atom is -0.388 e. The molecule has 94 valence electrons. The van der Waals surface area contributed by atoms with E-state index in [-0.39, 0.29) is 6.10 Å². The Bertz CT molecular complexity index is 327. The van der Waals surface area contributed by atoms with Crippen LogP contribution in [0.25, 0.3) is 0 Å². The third-order valence-corrected chi connectivity index (χ3v) is 3.74. The molecule has 17 heavy (non-hydrogen) atoms. The maximum atomic E-state index is 10.1.